The quantitative estimate of drug-likeness (QED) is 0.711. The van der Waals surface area contributed by atoms with Gasteiger partial charge in [-0.05, 0) is 42.8 Å². The molecule has 1 aliphatic heterocycles. The molecular weight excluding hydrogens is 360 g/mol. The van der Waals surface area contributed by atoms with Crippen molar-refractivity contribution in [1.29, 1.82) is 0 Å². The van der Waals surface area contributed by atoms with E-state index in [0.29, 0.717) is 10.8 Å². The van der Waals surface area contributed by atoms with Crippen molar-refractivity contribution >= 4 is 17.8 Å². The summed E-state index contributed by atoms with van der Waals surface area (Å²) in [6.07, 6.45) is 0. The lowest BCUT2D eigenvalue weighted by Crippen LogP contribution is -2.34. The highest BCUT2D eigenvalue weighted by molar-refractivity contribution is 6.21. The van der Waals surface area contributed by atoms with E-state index >= 15 is 0 Å². The number of aryl methyl sites for hydroxylation is 1. The van der Waals surface area contributed by atoms with Crippen LogP contribution in [0, 0.1) is 6.92 Å². The maximum atomic E-state index is 12.4. The molecule has 1 N–H and O–H groups in total. The minimum atomic E-state index is -1.09. The molecule has 138 valence electrons. The van der Waals surface area contributed by atoms with E-state index in [1.54, 1.807) is 18.2 Å². The van der Waals surface area contributed by atoms with Gasteiger partial charge >= 0.3 is 5.97 Å². The molecule has 28 heavy (non-hydrogen) atoms. The van der Waals surface area contributed by atoms with Crippen LogP contribution < -0.4 is 5.56 Å². The summed E-state index contributed by atoms with van der Waals surface area (Å²) in [4.78, 5) is 56.8. The number of carbonyl (C=O) groups is 3. The number of hydroxylamine groups is 2. The first-order chi connectivity index (χ1) is 13.5. The number of imide groups is 1. The van der Waals surface area contributed by atoms with Crippen molar-refractivity contribution in [2.75, 3.05) is 0 Å². The molecule has 0 radical (unpaired) electrons. The first-order valence-corrected chi connectivity index (χ1v) is 8.46. The molecular formula is C21H14N2O5. The second-order valence-electron chi connectivity index (χ2n) is 6.31. The Kier molecular flexibility index (Phi) is 4.12. The van der Waals surface area contributed by atoms with Gasteiger partial charge in [0.25, 0.3) is 17.4 Å². The molecule has 1 aliphatic rings. The number of aromatic nitrogens is 1. The van der Waals surface area contributed by atoms with E-state index in [-0.39, 0.29) is 16.7 Å². The van der Waals surface area contributed by atoms with Crippen LogP contribution in [0.5, 0.6) is 0 Å². The van der Waals surface area contributed by atoms with Gasteiger partial charge in [-0.1, -0.05) is 41.0 Å². The van der Waals surface area contributed by atoms with Gasteiger partial charge in [0, 0.05) is 5.69 Å². The highest BCUT2D eigenvalue weighted by Gasteiger charge is 2.39. The Balaban J connectivity index is 1.59. The monoisotopic (exact) mass is 374 g/mol. The third kappa shape index (κ3) is 2.88. The van der Waals surface area contributed by atoms with Crippen LogP contribution in [0.2, 0.25) is 0 Å². The Morgan fingerprint density at radius 1 is 0.893 bits per heavy atom. The smallest absolute Gasteiger partial charge is 0.324 e. The van der Waals surface area contributed by atoms with E-state index in [1.807, 2.05) is 31.2 Å². The van der Waals surface area contributed by atoms with Crippen molar-refractivity contribution in [2.45, 2.75) is 6.92 Å². The summed E-state index contributed by atoms with van der Waals surface area (Å²) in [6.45, 7) is 1.93. The standard InChI is InChI=1S/C21H14N2O5/c1-12-5-4-6-13(11-12)17-10-9-16(18(24)22-17)21(27)28-23-19(25)14-7-2-3-8-15(14)20(23)26/h2-11H,1H3,(H,22,24). The summed E-state index contributed by atoms with van der Waals surface area (Å²) in [5.41, 5.74) is 1.64. The predicted molar refractivity (Wildman–Crippen MR) is 99.6 cm³/mol. The number of fused-ring (bicyclic) bond motifs is 1. The molecule has 2 heterocycles. The van der Waals surface area contributed by atoms with Gasteiger partial charge in [0.05, 0.1) is 11.1 Å². The zero-order chi connectivity index (χ0) is 19.8. The number of hydrogen-bond donors (Lipinski definition) is 1. The minimum absolute atomic E-state index is 0.143. The molecule has 2 amide bonds. The van der Waals surface area contributed by atoms with Crippen molar-refractivity contribution in [2.24, 2.45) is 0 Å². The summed E-state index contributed by atoms with van der Waals surface area (Å²) >= 11 is 0. The van der Waals surface area contributed by atoms with Crippen LogP contribution in [0.3, 0.4) is 0 Å². The molecule has 4 rings (SSSR count). The summed E-state index contributed by atoms with van der Waals surface area (Å²) < 4.78 is 0. The summed E-state index contributed by atoms with van der Waals surface area (Å²) in [6, 6.07) is 16.5. The number of hydrogen-bond acceptors (Lipinski definition) is 5. The van der Waals surface area contributed by atoms with Crippen LogP contribution in [0.25, 0.3) is 11.3 Å². The number of amides is 2. The molecule has 7 nitrogen and oxygen atoms in total. The largest absolute Gasteiger partial charge is 0.369 e. The van der Waals surface area contributed by atoms with E-state index < -0.39 is 23.3 Å². The van der Waals surface area contributed by atoms with Crippen molar-refractivity contribution in [3.63, 3.8) is 0 Å². The van der Waals surface area contributed by atoms with Gasteiger partial charge in [0.15, 0.2) is 0 Å². The summed E-state index contributed by atoms with van der Waals surface area (Å²) in [7, 11) is 0. The summed E-state index contributed by atoms with van der Waals surface area (Å²) in [5, 5.41) is 0.376. The SMILES string of the molecule is Cc1cccc(-c2ccc(C(=O)ON3C(=O)c4ccccc4C3=O)c(=O)[nH]2)c1. The van der Waals surface area contributed by atoms with Crippen molar-refractivity contribution in [3.8, 4) is 11.3 Å². The van der Waals surface area contributed by atoms with Crippen LogP contribution in [-0.4, -0.2) is 27.8 Å². The molecule has 0 aliphatic carbocycles. The van der Waals surface area contributed by atoms with Gasteiger partial charge in [-0.25, -0.2) is 4.79 Å². The van der Waals surface area contributed by atoms with E-state index in [2.05, 4.69) is 4.98 Å². The minimum Gasteiger partial charge on any atom is -0.324 e. The topological polar surface area (TPSA) is 96.5 Å². The molecule has 0 bridgehead atoms. The second-order valence-corrected chi connectivity index (χ2v) is 6.31. The Labute approximate surface area is 159 Å². The summed E-state index contributed by atoms with van der Waals surface area (Å²) in [5.74, 6) is -2.59. The number of nitrogens with zero attached hydrogens (tertiary/aromatic N) is 1. The normalized spacial score (nSPS) is 12.8. The van der Waals surface area contributed by atoms with Crippen molar-refractivity contribution in [3.05, 3.63) is 93.3 Å². The van der Waals surface area contributed by atoms with Gasteiger partial charge in [-0.3, -0.25) is 14.4 Å². The number of benzene rings is 2. The second kappa shape index (κ2) is 6.62. The molecule has 2 aromatic carbocycles. The fourth-order valence-corrected chi connectivity index (χ4v) is 3.00. The van der Waals surface area contributed by atoms with E-state index in [1.165, 1.54) is 18.2 Å². The highest BCUT2D eigenvalue weighted by atomic mass is 16.7. The third-order valence-corrected chi connectivity index (χ3v) is 4.39. The lowest BCUT2D eigenvalue weighted by Gasteiger charge is -2.12. The molecule has 0 atom stereocenters. The fraction of sp³-hybridized carbons (Fsp3) is 0.0476. The molecule has 3 aromatic rings. The Morgan fingerprint density at radius 2 is 1.57 bits per heavy atom. The van der Waals surface area contributed by atoms with Crippen LogP contribution >= 0.6 is 0 Å². The van der Waals surface area contributed by atoms with E-state index in [9.17, 15) is 19.2 Å². The fourth-order valence-electron chi connectivity index (χ4n) is 3.00. The van der Waals surface area contributed by atoms with Crippen LogP contribution in [0.15, 0.2) is 65.5 Å². The van der Waals surface area contributed by atoms with Crippen LogP contribution in [0.4, 0.5) is 0 Å². The van der Waals surface area contributed by atoms with Crippen molar-refractivity contribution in [1.82, 2.24) is 10.0 Å². The average molecular weight is 374 g/mol. The molecule has 1 aromatic heterocycles. The molecule has 0 saturated carbocycles. The van der Waals surface area contributed by atoms with E-state index in [4.69, 9.17) is 4.84 Å². The maximum absolute atomic E-state index is 12.4. The first kappa shape index (κ1) is 17.4. The lowest BCUT2D eigenvalue weighted by atomic mass is 10.1. The molecule has 7 heteroatoms. The molecule has 0 unspecified atom stereocenters. The number of nitrogens with one attached hydrogen (secondary N) is 1. The maximum Gasteiger partial charge on any atom is 0.369 e. The molecule has 0 spiro atoms. The number of aromatic amines is 1. The van der Waals surface area contributed by atoms with Crippen LogP contribution in [0.1, 0.15) is 36.6 Å². The van der Waals surface area contributed by atoms with Crippen molar-refractivity contribution < 1.29 is 19.2 Å². The highest BCUT2D eigenvalue weighted by Crippen LogP contribution is 2.23. The Hall–Kier alpha value is -4.00. The number of H-pyrrole nitrogens is 1. The third-order valence-electron chi connectivity index (χ3n) is 4.39. The zero-order valence-corrected chi connectivity index (χ0v) is 14.8. The van der Waals surface area contributed by atoms with E-state index in [0.717, 1.165) is 11.1 Å². The first-order valence-electron chi connectivity index (χ1n) is 8.46. The van der Waals surface area contributed by atoms with Gasteiger partial charge in [-0.15, -0.1) is 0 Å². The van der Waals surface area contributed by atoms with Gasteiger partial charge < -0.3 is 9.82 Å². The average Bonchev–Trinajstić information content (AvgIpc) is 2.93. The number of carbonyl (C=O) groups excluding carboxylic acids is 3. The predicted octanol–water partition coefficient (Wildman–Crippen LogP) is 2.72. The Bertz CT molecular complexity index is 1160. The Morgan fingerprint density at radius 3 is 2.18 bits per heavy atom. The molecule has 0 saturated heterocycles. The number of rotatable bonds is 3. The van der Waals surface area contributed by atoms with Crippen LogP contribution in [-0.2, 0) is 4.84 Å². The lowest BCUT2D eigenvalue weighted by molar-refractivity contribution is -0.0585. The molecule has 0 fully saturated rings. The van der Waals surface area contributed by atoms with Gasteiger partial charge in [0.1, 0.15) is 5.56 Å². The van der Waals surface area contributed by atoms with Gasteiger partial charge in [0.2, 0.25) is 0 Å². The van der Waals surface area contributed by atoms with Gasteiger partial charge in [-0.2, -0.15) is 0 Å². The zero-order valence-electron chi connectivity index (χ0n) is 14.8. The number of pyridine rings is 1.